The number of fused-ring (bicyclic) bond motifs is 1. The molecule has 3 heteroatoms. The molecule has 0 atom stereocenters. The van der Waals surface area contributed by atoms with Gasteiger partial charge in [-0.05, 0) is 47.5 Å². The van der Waals surface area contributed by atoms with Crippen LogP contribution in [0.15, 0.2) is 54.7 Å². The van der Waals surface area contributed by atoms with E-state index < -0.39 is 0 Å². The molecule has 0 bridgehead atoms. The average Bonchev–Trinajstić information content (AvgIpc) is 2.46. The summed E-state index contributed by atoms with van der Waals surface area (Å²) in [6.45, 7) is 0. The summed E-state index contributed by atoms with van der Waals surface area (Å²) in [4.78, 5) is 4.36. The van der Waals surface area contributed by atoms with Crippen molar-refractivity contribution in [1.82, 2.24) is 4.98 Å². The molecule has 94 valence electrons. The van der Waals surface area contributed by atoms with Crippen molar-refractivity contribution >= 4 is 16.6 Å². The third-order valence-electron chi connectivity index (χ3n) is 3.15. The van der Waals surface area contributed by atoms with Crippen LogP contribution in [-0.4, -0.2) is 12.1 Å². The van der Waals surface area contributed by atoms with Crippen LogP contribution in [-0.2, 0) is 0 Å². The van der Waals surface area contributed by atoms with E-state index in [4.69, 9.17) is 10.5 Å². The van der Waals surface area contributed by atoms with Crippen molar-refractivity contribution in [3.63, 3.8) is 0 Å². The number of hydrogen-bond acceptors (Lipinski definition) is 3. The number of nitrogens with zero attached hydrogens (tertiary/aromatic N) is 1. The summed E-state index contributed by atoms with van der Waals surface area (Å²) >= 11 is 0. The first-order valence-corrected chi connectivity index (χ1v) is 6.06. The van der Waals surface area contributed by atoms with Crippen LogP contribution in [0, 0.1) is 0 Å². The highest BCUT2D eigenvalue weighted by molar-refractivity contribution is 5.96. The second-order valence-corrected chi connectivity index (χ2v) is 4.37. The van der Waals surface area contributed by atoms with Crippen LogP contribution in [0.1, 0.15) is 0 Å². The molecule has 0 aliphatic heterocycles. The number of rotatable bonds is 2. The lowest BCUT2D eigenvalue weighted by Gasteiger charge is -2.08. The molecule has 3 rings (SSSR count). The Labute approximate surface area is 111 Å². The normalized spacial score (nSPS) is 10.6. The van der Waals surface area contributed by atoms with Crippen molar-refractivity contribution in [2.75, 3.05) is 12.8 Å². The smallest absolute Gasteiger partial charge is 0.119 e. The summed E-state index contributed by atoms with van der Waals surface area (Å²) in [6.07, 6.45) is 1.81. The van der Waals surface area contributed by atoms with E-state index >= 15 is 0 Å². The van der Waals surface area contributed by atoms with E-state index in [2.05, 4.69) is 11.1 Å². The fourth-order valence-corrected chi connectivity index (χ4v) is 2.21. The van der Waals surface area contributed by atoms with Gasteiger partial charge in [-0.3, -0.25) is 4.98 Å². The van der Waals surface area contributed by atoms with E-state index in [9.17, 15) is 0 Å². The minimum atomic E-state index is 0.740. The van der Waals surface area contributed by atoms with Gasteiger partial charge in [0.05, 0.1) is 12.6 Å². The van der Waals surface area contributed by atoms with Gasteiger partial charge in [0.15, 0.2) is 0 Å². The van der Waals surface area contributed by atoms with Gasteiger partial charge in [-0.1, -0.05) is 12.1 Å². The lowest BCUT2D eigenvalue weighted by atomic mass is 10.0. The summed E-state index contributed by atoms with van der Waals surface area (Å²) in [5.74, 6) is 0.839. The average molecular weight is 250 g/mol. The molecule has 0 saturated heterocycles. The van der Waals surface area contributed by atoms with Crippen molar-refractivity contribution in [1.29, 1.82) is 0 Å². The number of anilines is 1. The van der Waals surface area contributed by atoms with E-state index in [1.165, 1.54) is 0 Å². The molecule has 3 nitrogen and oxygen atoms in total. The van der Waals surface area contributed by atoms with E-state index in [0.717, 1.165) is 33.5 Å². The molecule has 19 heavy (non-hydrogen) atoms. The van der Waals surface area contributed by atoms with Crippen LogP contribution in [0.4, 0.5) is 5.69 Å². The Morgan fingerprint density at radius 3 is 2.79 bits per heavy atom. The van der Waals surface area contributed by atoms with Gasteiger partial charge in [0.1, 0.15) is 5.75 Å². The molecule has 0 aliphatic rings. The number of hydrogen-bond donors (Lipinski definition) is 1. The Balaban J connectivity index is 2.26. The van der Waals surface area contributed by atoms with E-state index in [1.807, 2.05) is 48.7 Å². The third-order valence-corrected chi connectivity index (χ3v) is 3.15. The molecule has 1 aromatic heterocycles. The zero-order valence-electron chi connectivity index (χ0n) is 10.6. The summed E-state index contributed by atoms with van der Waals surface area (Å²) in [5, 5.41) is 1.05. The number of ether oxygens (including phenoxy) is 1. The predicted octanol–water partition coefficient (Wildman–Crippen LogP) is 3.49. The third kappa shape index (κ3) is 2.10. The fraction of sp³-hybridized carbons (Fsp3) is 0.0625. The number of nitrogen functional groups attached to an aromatic ring is 1. The molecule has 0 aliphatic carbocycles. The highest BCUT2D eigenvalue weighted by Gasteiger charge is 2.05. The monoisotopic (exact) mass is 250 g/mol. The number of methoxy groups -OCH3 is 1. The molecule has 0 radical (unpaired) electrons. The first-order valence-electron chi connectivity index (χ1n) is 6.06. The van der Waals surface area contributed by atoms with Crippen LogP contribution in [0.5, 0.6) is 5.75 Å². The molecule has 0 saturated carbocycles. The van der Waals surface area contributed by atoms with Crippen molar-refractivity contribution in [3.8, 4) is 16.9 Å². The molecule has 2 N–H and O–H groups in total. The first-order chi connectivity index (χ1) is 9.28. The summed E-state index contributed by atoms with van der Waals surface area (Å²) in [7, 11) is 1.67. The fourth-order valence-electron chi connectivity index (χ4n) is 2.21. The van der Waals surface area contributed by atoms with Crippen molar-refractivity contribution in [3.05, 3.63) is 54.7 Å². The minimum absolute atomic E-state index is 0.740. The number of pyridine rings is 1. The lowest BCUT2D eigenvalue weighted by molar-refractivity contribution is 0.415. The van der Waals surface area contributed by atoms with Gasteiger partial charge in [-0.25, -0.2) is 0 Å². The number of nitrogens with two attached hydrogens (primary N) is 1. The summed E-state index contributed by atoms with van der Waals surface area (Å²) in [5.41, 5.74) is 9.76. The molecule has 2 aromatic carbocycles. The van der Waals surface area contributed by atoms with Crippen LogP contribution < -0.4 is 10.5 Å². The van der Waals surface area contributed by atoms with Crippen molar-refractivity contribution in [2.45, 2.75) is 0 Å². The molecular formula is C16H14N2O. The first kappa shape index (κ1) is 11.5. The van der Waals surface area contributed by atoms with Gasteiger partial charge in [0.2, 0.25) is 0 Å². The van der Waals surface area contributed by atoms with E-state index in [-0.39, 0.29) is 0 Å². The second kappa shape index (κ2) is 4.61. The lowest BCUT2D eigenvalue weighted by Crippen LogP contribution is -1.89. The van der Waals surface area contributed by atoms with Crippen LogP contribution in [0.25, 0.3) is 22.0 Å². The highest BCUT2D eigenvalue weighted by atomic mass is 16.5. The SMILES string of the molecule is COc1cccc(-c2ccnc3ccc(N)cc23)c1. The standard InChI is InChI=1S/C16H14N2O/c1-19-13-4-2-3-11(9-13)14-7-8-18-16-6-5-12(17)10-15(14)16/h2-10H,17H2,1H3. The summed E-state index contributed by atoms with van der Waals surface area (Å²) < 4.78 is 5.27. The number of benzene rings is 2. The molecular weight excluding hydrogens is 236 g/mol. The number of aromatic nitrogens is 1. The molecule has 0 fully saturated rings. The Hall–Kier alpha value is -2.55. The minimum Gasteiger partial charge on any atom is -0.497 e. The molecule has 3 aromatic rings. The highest BCUT2D eigenvalue weighted by Crippen LogP contribution is 2.30. The Morgan fingerprint density at radius 1 is 1.05 bits per heavy atom. The van der Waals surface area contributed by atoms with Crippen LogP contribution in [0.2, 0.25) is 0 Å². The predicted molar refractivity (Wildman–Crippen MR) is 78.1 cm³/mol. The van der Waals surface area contributed by atoms with E-state index in [1.54, 1.807) is 7.11 Å². The zero-order chi connectivity index (χ0) is 13.2. The van der Waals surface area contributed by atoms with Gasteiger partial charge in [-0.15, -0.1) is 0 Å². The van der Waals surface area contributed by atoms with Crippen LogP contribution in [0.3, 0.4) is 0 Å². The summed E-state index contributed by atoms with van der Waals surface area (Å²) in [6, 6.07) is 15.7. The molecule has 0 spiro atoms. The Morgan fingerprint density at radius 2 is 1.95 bits per heavy atom. The quantitative estimate of drug-likeness (QED) is 0.708. The Kier molecular flexibility index (Phi) is 2.80. The van der Waals surface area contributed by atoms with Gasteiger partial charge < -0.3 is 10.5 Å². The maximum atomic E-state index is 5.87. The van der Waals surface area contributed by atoms with Crippen molar-refractivity contribution < 1.29 is 4.74 Å². The van der Waals surface area contributed by atoms with Gasteiger partial charge in [0, 0.05) is 17.3 Å². The van der Waals surface area contributed by atoms with Gasteiger partial charge in [0.25, 0.3) is 0 Å². The maximum absolute atomic E-state index is 5.87. The largest absolute Gasteiger partial charge is 0.497 e. The maximum Gasteiger partial charge on any atom is 0.119 e. The van der Waals surface area contributed by atoms with Gasteiger partial charge in [-0.2, -0.15) is 0 Å². The molecule has 1 heterocycles. The molecule has 0 unspecified atom stereocenters. The zero-order valence-corrected chi connectivity index (χ0v) is 10.6. The molecule has 0 amide bonds. The topological polar surface area (TPSA) is 48.1 Å². The second-order valence-electron chi connectivity index (χ2n) is 4.37. The van der Waals surface area contributed by atoms with Crippen LogP contribution >= 0.6 is 0 Å². The van der Waals surface area contributed by atoms with E-state index in [0.29, 0.717) is 0 Å². The van der Waals surface area contributed by atoms with Gasteiger partial charge >= 0.3 is 0 Å². The Bertz CT molecular complexity index is 738. The van der Waals surface area contributed by atoms with Crippen molar-refractivity contribution in [2.24, 2.45) is 0 Å².